The number of ether oxygens (including phenoxy) is 1. The van der Waals surface area contributed by atoms with Crippen LogP contribution >= 0.6 is 0 Å². The first-order valence-corrected chi connectivity index (χ1v) is 11.3. The summed E-state index contributed by atoms with van der Waals surface area (Å²) in [5.41, 5.74) is 1.51. The van der Waals surface area contributed by atoms with E-state index in [4.69, 9.17) is 4.74 Å². The van der Waals surface area contributed by atoms with Crippen LogP contribution in [0.3, 0.4) is 0 Å². The van der Waals surface area contributed by atoms with Gasteiger partial charge in [-0.05, 0) is 49.8 Å². The van der Waals surface area contributed by atoms with Gasteiger partial charge in [-0.25, -0.2) is 0 Å². The molecule has 2 amide bonds. The number of piperidine rings is 1. The molecule has 162 valence electrons. The van der Waals surface area contributed by atoms with Gasteiger partial charge in [-0.15, -0.1) is 0 Å². The highest BCUT2D eigenvalue weighted by Crippen LogP contribution is 2.28. The Morgan fingerprint density at radius 1 is 1.10 bits per heavy atom. The van der Waals surface area contributed by atoms with Crippen molar-refractivity contribution in [2.45, 2.75) is 57.9 Å². The Bertz CT molecular complexity index is 892. The first kappa shape index (κ1) is 20.8. The van der Waals surface area contributed by atoms with Crippen LogP contribution in [0.4, 0.5) is 0 Å². The van der Waals surface area contributed by atoms with Crippen LogP contribution in [0.2, 0.25) is 0 Å². The molecule has 0 spiro atoms. The molecule has 4 rings (SSSR count). The molecule has 6 heteroatoms. The van der Waals surface area contributed by atoms with Crippen LogP contribution < -0.4 is 10.1 Å². The predicted molar refractivity (Wildman–Crippen MR) is 118 cm³/mol. The van der Waals surface area contributed by atoms with Crippen molar-refractivity contribution in [1.29, 1.82) is 0 Å². The van der Waals surface area contributed by atoms with Crippen LogP contribution in [0.1, 0.15) is 62.4 Å². The molecule has 1 saturated heterocycles. The van der Waals surface area contributed by atoms with Crippen LogP contribution in [0, 0.1) is 11.8 Å². The van der Waals surface area contributed by atoms with E-state index in [1.807, 2.05) is 36.1 Å². The molecule has 0 bridgehead atoms. The number of hydrogen-bond donors (Lipinski definition) is 2. The summed E-state index contributed by atoms with van der Waals surface area (Å²) in [5, 5.41) is 4.27. The average molecular weight is 412 g/mol. The van der Waals surface area contributed by atoms with Gasteiger partial charge in [0.2, 0.25) is 5.91 Å². The van der Waals surface area contributed by atoms with Gasteiger partial charge < -0.3 is 19.9 Å². The number of carbonyl (C=O) groups is 2. The second-order valence-electron chi connectivity index (χ2n) is 8.90. The molecule has 1 atom stereocenters. The van der Waals surface area contributed by atoms with Crippen LogP contribution in [0.25, 0.3) is 10.9 Å². The van der Waals surface area contributed by atoms with E-state index in [0.29, 0.717) is 30.7 Å². The highest BCUT2D eigenvalue weighted by Gasteiger charge is 2.31. The second-order valence-corrected chi connectivity index (χ2v) is 8.90. The highest BCUT2D eigenvalue weighted by atomic mass is 16.5. The van der Waals surface area contributed by atoms with E-state index >= 15 is 0 Å². The molecule has 6 nitrogen and oxygen atoms in total. The van der Waals surface area contributed by atoms with Crippen molar-refractivity contribution >= 4 is 22.7 Å². The van der Waals surface area contributed by atoms with Crippen LogP contribution in [-0.4, -0.2) is 47.9 Å². The molecular weight excluding hydrogens is 378 g/mol. The zero-order chi connectivity index (χ0) is 21.1. The third-order valence-corrected chi connectivity index (χ3v) is 6.96. The lowest BCUT2D eigenvalue weighted by Crippen LogP contribution is -2.45. The van der Waals surface area contributed by atoms with Gasteiger partial charge >= 0.3 is 0 Å². The lowest BCUT2D eigenvalue weighted by molar-refractivity contribution is -0.127. The highest BCUT2D eigenvalue weighted by molar-refractivity contribution is 5.98. The third kappa shape index (κ3) is 4.47. The van der Waals surface area contributed by atoms with Gasteiger partial charge in [-0.2, -0.15) is 0 Å². The van der Waals surface area contributed by atoms with E-state index in [-0.39, 0.29) is 17.7 Å². The molecule has 2 fully saturated rings. The summed E-state index contributed by atoms with van der Waals surface area (Å²) in [6, 6.07) is 8.03. The maximum atomic E-state index is 13.0. The topological polar surface area (TPSA) is 74.4 Å². The summed E-state index contributed by atoms with van der Waals surface area (Å²) in [5.74, 6) is 1.33. The van der Waals surface area contributed by atoms with E-state index in [9.17, 15) is 9.59 Å². The summed E-state index contributed by atoms with van der Waals surface area (Å²) < 4.78 is 5.26. The lowest BCUT2D eigenvalue weighted by atomic mass is 9.84. The molecule has 1 saturated carbocycles. The molecule has 1 aromatic carbocycles. The second kappa shape index (κ2) is 9.11. The number of rotatable bonds is 5. The van der Waals surface area contributed by atoms with Crippen molar-refractivity contribution in [2.75, 3.05) is 20.2 Å². The van der Waals surface area contributed by atoms with Crippen LogP contribution in [-0.2, 0) is 4.79 Å². The normalized spacial score (nSPS) is 19.6. The number of hydrogen-bond acceptors (Lipinski definition) is 3. The molecule has 0 radical (unpaired) electrons. The number of H-pyrrole nitrogens is 1. The summed E-state index contributed by atoms with van der Waals surface area (Å²) in [6.45, 7) is 3.44. The zero-order valence-electron chi connectivity index (χ0n) is 18.1. The summed E-state index contributed by atoms with van der Waals surface area (Å²) >= 11 is 0. The third-order valence-electron chi connectivity index (χ3n) is 6.96. The number of methoxy groups -OCH3 is 1. The molecule has 1 unspecified atom stereocenters. The first-order valence-electron chi connectivity index (χ1n) is 11.3. The Morgan fingerprint density at radius 3 is 2.53 bits per heavy atom. The number of benzene rings is 1. The van der Waals surface area contributed by atoms with Gasteiger partial charge in [-0.3, -0.25) is 9.59 Å². The van der Waals surface area contributed by atoms with E-state index in [0.717, 1.165) is 42.3 Å². The summed E-state index contributed by atoms with van der Waals surface area (Å²) in [7, 11) is 1.64. The van der Waals surface area contributed by atoms with E-state index in [2.05, 4.69) is 10.3 Å². The Morgan fingerprint density at radius 2 is 1.83 bits per heavy atom. The fourth-order valence-corrected chi connectivity index (χ4v) is 4.91. The monoisotopic (exact) mass is 411 g/mol. The number of nitrogens with zero attached hydrogens (tertiary/aromatic N) is 1. The summed E-state index contributed by atoms with van der Waals surface area (Å²) in [4.78, 5) is 30.8. The lowest BCUT2D eigenvalue weighted by Gasteiger charge is -2.35. The molecular formula is C24H33N3O3. The Labute approximate surface area is 178 Å². The maximum Gasteiger partial charge on any atom is 0.270 e. The summed E-state index contributed by atoms with van der Waals surface area (Å²) in [6.07, 6.45) is 7.71. The van der Waals surface area contributed by atoms with Gasteiger partial charge in [0.15, 0.2) is 0 Å². The van der Waals surface area contributed by atoms with Crippen molar-refractivity contribution < 1.29 is 14.3 Å². The van der Waals surface area contributed by atoms with Gasteiger partial charge in [0, 0.05) is 42.0 Å². The van der Waals surface area contributed by atoms with E-state index < -0.39 is 0 Å². The van der Waals surface area contributed by atoms with Gasteiger partial charge in [-0.1, -0.05) is 26.2 Å². The molecule has 30 heavy (non-hydrogen) atoms. The van der Waals surface area contributed by atoms with Gasteiger partial charge in [0.25, 0.3) is 5.91 Å². The Kier molecular flexibility index (Phi) is 6.30. The minimum Gasteiger partial charge on any atom is -0.497 e. The SMILES string of the molecule is COc1ccc2cc(C(=O)N3CCC(C(C)C(=O)NC4CCCCC4)CC3)[nH]c2c1. The quantitative estimate of drug-likeness (QED) is 0.777. The van der Waals surface area contributed by atoms with E-state index in [1.165, 1.54) is 19.3 Å². The fraction of sp³-hybridized carbons (Fsp3) is 0.583. The van der Waals surface area contributed by atoms with Gasteiger partial charge in [0.1, 0.15) is 11.4 Å². The maximum absolute atomic E-state index is 13.0. The number of nitrogens with one attached hydrogen (secondary N) is 2. The number of aromatic amines is 1. The number of aromatic nitrogens is 1. The number of carbonyl (C=O) groups excluding carboxylic acids is 2. The fourth-order valence-electron chi connectivity index (χ4n) is 4.91. The molecule has 2 heterocycles. The molecule has 1 aliphatic heterocycles. The van der Waals surface area contributed by atoms with E-state index in [1.54, 1.807) is 7.11 Å². The smallest absolute Gasteiger partial charge is 0.270 e. The predicted octanol–water partition coefficient (Wildman–Crippen LogP) is 4.11. The Balaban J connectivity index is 1.32. The minimum atomic E-state index is 0.00437. The van der Waals surface area contributed by atoms with Crippen molar-refractivity contribution in [3.63, 3.8) is 0 Å². The Hall–Kier alpha value is -2.50. The molecule has 2 aliphatic rings. The standard InChI is InChI=1S/C24H33N3O3/c1-16(23(28)25-19-6-4-3-5-7-19)17-10-12-27(13-11-17)24(29)22-14-18-8-9-20(30-2)15-21(18)26-22/h8-9,14-17,19,26H,3-7,10-13H2,1-2H3,(H,25,28). The molecule has 2 N–H and O–H groups in total. The molecule has 1 aromatic heterocycles. The van der Waals surface area contributed by atoms with Crippen LogP contribution in [0.15, 0.2) is 24.3 Å². The molecule has 2 aromatic rings. The van der Waals surface area contributed by atoms with Gasteiger partial charge in [0.05, 0.1) is 7.11 Å². The number of amides is 2. The number of fused-ring (bicyclic) bond motifs is 1. The van der Waals surface area contributed by atoms with Crippen molar-refractivity contribution in [1.82, 2.24) is 15.2 Å². The number of likely N-dealkylation sites (tertiary alicyclic amines) is 1. The van der Waals surface area contributed by atoms with Crippen LogP contribution in [0.5, 0.6) is 5.75 Å². The zero-order valence-corrected chi connectivity index (χ0v) is 18.1. The van der Waals surface area contributed by atoms with Crippen molar-refractivity contribution in [2.24, 2.45) is 11.8 Å². The largest absolute Gasteiger partial charge is 0.497 e. The van der Waals surface area contributed by atoms with Crippen molar-refractivity contribution in [3.8, 4) is 5.75 Å². The van der Waals surface area contributed by atoms with Crippen molar-refractivity contribution in [3.05, 3.63) is 30.0 Å². The average Bonchev–Trinajstić information content (AvgIpc) is 3.22. The molecule has 1 aliphatic carbocycles. The first-order chi connectivity index (χ1) is 14.5. The minimum absolute atomic E-state index is 0.00437.